The molecule has 2 aromatic carbocycles. The van der Waals surface area contributed by atoms with E-state index in [0.717, 1.165) is 0 Å². The van der Waals surface area contributed by atoms with Crippen LogP contribution in [0.25, 0.3) is 0 Å². The van der Waals surface area contributed by atoms with Crippen molar-refractivity contribution in [2.75, 3.05) is 0 Å². The fraction of sp³-hybridized carbons (Fsp3) is 0.133. The average molecular weight is 360 g/mol. The lowest BCUT2D eigenvalue weighted by Gasteiger charge is -2.05. The quantitative estimate of drug-likeness (QED) is 0.771. The third-order valence-corrected chi connectivity index (χ3v) is 3.70. The number of carbonyl (C=O) groups is 1. The summed E-state index contributed by atoms with van der Waals surface area (Å²) in [4.78, 5) is 11.9. The van der Waals surface area contributed by atoms with Gasteiger partial charge in [-0.1, -0.05) is 29.8 Å². The van der Waals surface area contributed by atoms with Crippen LogP contribution < -0.4 is 0 Å². The van der Waals surface area contributed by atoms with Gasteiger partial charge in [0.25, 0.3) is 0 Å². The number of halogens is 4. The van der Waals surface area contributed by atoms with E-state index in [0.29, 0.717) is 10.0 Å². The third kappa shape index (κ3) is 3.64. The van der Waals surface area contributed by atoms with Crippen LogP contribution in [0.1, 0.15) is 11.1 Å². The maximum absolute atomic E-state index is 13.7. The highest BCUT2D eigenvalue weighted by atomic mass is 79.9. The van der Waals surface area contributed by atoms with E-state index >= 15 is 0 Å². The van der Waals surface area contributed by atoms with Gasteiger partial charge in [0.2, 0.25) is 0 Å². The molecular weight excluding hydrogens is 350 g/mol. The van der Waals surface area contributed by atoms with Crippen molar-refractivity contribution in [1.82, 2.24) is 0 Å². The van der Waals surface area contributed by atoms with E-state index in [9.17, 15) is 13.6 Å². The van der Waals surface area contributed by atoms with Crippen LogP contribution >= 0.6 is 27.5 Å². The van der Waals surface area contributed by atoms with Crippen molar-refractivity contribution in [2.45, 2.75) is 12.8 Å². The van der Waals surface area contributed by atoms with Gasteiger partial charge in [-0.15, -0.1) is 0 Å². The first kappa shape index (κ1) is 15.1. The minimum absolute atomic E-state index is 0.000161. The van der Waals surface area contributed by atoms with Crippen LogP contribution in [-0.2, 0) is 17.6 Å². The molecule has 0 aromatic heterocycles. The molecule has 0 amide bonds. The lowest BCUT2D eigenvalue weighted by molar-refractivity contribution is -0.117. The lowest BCUT2D eigenvalue weighted by Crippen LogP contribution is -2.08. The summed E-state index contributed by atoms with van der Waals surface area (Å²) in [5.41, 5.74) is 0.939. The predicted octanol–water partition coefficient (Wildman–Crippen LogP) is 4.74. The zero-order chi connectivity index (χ0) is 14.7. The molecule has 0 aliphatic rings. The van der Waals surface area contributed by atoms with Crippen LogP contribution in [0.4, 0.5) is 8.78 Å². The van der Waals surface area contributed by atoms with Gasteiger partial charge in [-0.3, -0.25) is 4.79 Å². The van der Waals surface area contributed by atoms with Crippen molar-refractivity contribution in [3.63, 3.8) is 0 Å². The molecule has 0 radical (unpaired) electrons. The van der Waals surface area contributed by atoms with E-state index in [1.165, 1.54) is 24.3 Å². The van der Waals surface area contributed by atoms with Gasteiger partial charge in [0, 0.05) is 12.8 Å². The molecule has 5 heteroatoms. The summed E-state index contributed by atoms with van der Waals surface area (Å²) in [6, 6.07) is 8.92. The second-order valence-electron chi connectivity index (χ2n) is 4.35. The second-order valence-corrected chi connectivity index (χ2v) is 5.62. The highest BCUT2D eigenvalue weighted by Crippen LogP contribution is 2.20. The largest absolute Gasteiger partial charge is 0.299 e. The van der Waals surface area contributed by atoms with Gasteiger partial charge in [-0.25, -0.2) is 8.78 Å². The van der Waals surface area contributed by atoms with Crippen LogP contribution in [0.15, 0.2) is 40.9 Å². The first-order valence-electron chi connectivity index (χ1n) is 5.86. The summed E-state index contributed by atoms with van der Waals surface area (Å²) in [5, 5.41) is -0.000161. The topological polar surface area (TPSA) is 17.1 Å². The Morgan fingerprint density at radius 2 is 1.90 bits per heavy atom. The predicted molar refractivity (Wildman–Crippen MR) is 77.9 cm³/mol. The molecule has 1 nitrogen and oxygen atoms in total. The van der Waals surface area contributed by atoms with E-state index in [4.69, 9.17) is 11.6 Å². The molecule has 0 unspecified atom stereocenters. The average Bonchev–Trinajstić information content (AvgIpc) is 2.39. The molecule has 0 spiro atoms. The van der Waals surface area contributed by atoms with Crippen molar-refractivity contribution in [3.8, 4) is 0 Å². The fourth-order valence-electron chi connectivity index (χ4n) is 1.84. The molecule has 0 N–H and O–H groups in total. The van der Waals surface area contributed by atoms with Gasteiger partial charge in [-0.05, 0) is 45.3 Å². The maximum Gasteiger partial charge on any atom is 0.145 e. The van der Waals surface area contributed by atoms with Crippen molar-refractivity contribution < 1.29 is 13.6 Å². The van der Waals surface area contributed by atoms with E-state index < -0.39 is 5.82 Å². The van der Waals surface area contributed by atoms with Gasteiger partial charge in [0.15, 0.2) is 0 Å². The van der Waals surface area contributed by atoms with Crippen molar-refractivity contribution in [1.29, 1.82) is 0 Å². The zero-order valence-electron chi connectivity index (χ0n) is 10.3. The molecule has 0 aliphatic heterocycles. The number of carbonyl (C=O) groups excluding carboxylic acids is 1. The molecule has 0 saturated heterocycles. The van der Waals surface area contributed by atoms with Crippen LogP contribution in [0.2, 0.25) is 5.02 Å². The van der Waals surface area contributed by atoms with Crippen LogP contribution in [0.5, 0.6) is 0 Å². The fourth-order valence-corrected chi connectivity index (χ4v) is 2.46. The highest BCUT2D eigenvalue weighted by molar-refractivity contribution is 9.10. The van der Waals surface area contributed by atoms with Crippen LogP contribution in [0.3, 0.4) is 0 Å². The molecule has 0 aliphatic carbocycles. The van der Waals surface area contributed by atoms with Gasteiger partial charge in [0.05, 0.1) is 9.50 Å². The summed E-state index contributed by atoms with van der Waals surface area (Å²) in [5.74, 6) is -1.12. The number of hydrogen-bond donors (Lipinski definition) is 0. The molecule has 104 valence electrons. The summed E-state index contributed by atoms with van der Waals surface area (Å²) in [6.07, 6.45) is 0.0756. The Hall–Kier alpha value is -1.26. The maximum atomic E-state index is 13.7. The Kier molecular flexibility index (Phi) is 4.89. The Balaban J connectivity index is 2.09. The molecule has 0 atom stereocenters. The molecule has 2 aromatic rings. The molecule has 20 heavy (non-hydrogen) atoms. The number of rotatable bonds is 4. The number of ketones is 1. The van der Waals surface area contributed by atoms with Gasteiger partial charge >= 0.3 is 0 Å². The second kappa shape index (κ2) is 6.46. The number of Topliss-reactive ketones (excluding diaryl/α,β-unsaturated/α-hetero) is 1. The minimum Gasteiger partial charge on any atom is -0.299 e. The Bertz CT molecular complexity index is 658. The minimum atomic E-state index is -0.567. The van der Waals surface area contributed by atoms with Crippen molar-refractivity contribution >= 4 is 33.3 Å². The van der Waals surface area contributed by atoms with E-state index in [2.05, 4.69) is 15.9 Å². The third-order valence-electron chi connectivity index (χ3n) is 2.80. The number of hydrogen-bond acceptors (Lipinski definition) is 1. The van der Waals surface area contributed by atoms with E-state index in [-0.39, 0.29) is 35.0 Å². The summed E-state index contributed by atoms with van der Waals surface area (Å²) < 4.78 is 27.1. The molecule has 0 fully saturated rings. The lowest BCUT2D eigenvalue weighted by atomic mass is 10.0. The van der Waals surface area contributed by atoms with Crippen molar-refractivity contribution in [2.24, 2.45) is 0 Å². The first-order chi connectivity index (χ1) is 9.47. The summed E-state index contributed by atoms with van der Waals surface area (Å²) in [7, 11) is 0. The van der Waals surface area contributed by atoms with Crippen LogP contribution in [0, 0.1) is 11.6 Å². The van der Waals surface area contributed by atoms with Crippen LogP contribution in [-0.4, -0.2) is 5.78 Å². The SMILES string of the molecule is O=C(Cc1ccc(F)c(Br)c1)Cc1cccc(Cl)c1F. The standard InChI is InChI=1S/C15H10BrClF2O/c16-12-7-9(4-5-14(12)18)6-11(20)8-10-2-1-3-13(17)15(10)19/h1-5,7H,6,8H2. The van der Waals surface area contributed by atoms with Gasteiger partial charge in [0.1, 0.15) is 17.4 Å². The zero-order valence-corrected chi connectivity index (χ0v) is 12.6. The molecular formula is C15H10BrClF2O. The monoisotopic (exact) mass is 358 g/mol. The van der Waals surface area contributed by atoms with Gasteiger partial charge in [-0.2, -0.15) is 0 Å². The number of benzene rings is 2. The molecule has 0 bridgehead atoms. The Labute approximate surface area is 128 Å². The smallest absolute Gasteiger partial charge is 0.145 e. The molecule has 2 rings (SSSR count). The van der Waals surface area contributed by atoms with Gasteiger partial charge < -0.3 is 0 Å². The van der Waals surface area contributed by atoms with Crippen molar-refractivity contribution in [3.05, 3.63) is 68.7 Å². The summed E-state index contributed by atoms with van der Waals surface area (Å²) >= 11 is 8.72. The van der Waals surface area contributed by atoms with E-state index in [1.807, 2.05) is 0 Å². The van der Waals surface area contributed by atoms with E-state index in [1.54, 1.807) is 12.1 Å². The molecule has 0 heterocycles. The first-order valence-corrected chi connectivity index (χ1v) is 7.03. The Morgan fingerprint density at radius 1 is 1.15 bits per heavy atom. The highest BCUT2D eigenvalue weighted by Gasteiger charge is 2.12. The Morgan fingerprint density at radius 3 is 2.60 bits per heavy atom. The molecule has 0 saturated carbocycles. The normalized spacial score (nSPS) is 10.6. The summed E-state index contributed by atoms with van der Waals surface area (Å²) in [6.45, 7) is 0.